The number of aromatic nitrogens is 1. The molecule has 4 fully saturated rings. The van der Waals surface area contributed by atoms with Gasteiger partial charge < -0.3 is 37.4 Å². The summed E-state index contributed by atoms with van der Waals surface area (Å²) in [6.07, 6.45) is 15.2. The Balaban J connectivity index is 0.000000201. The van der Waals surface area contributed by atoms with Crippen LogP contribution in [0.25, 0.3) is 0 Å². The Kier molecular flexibility index (Phi) is 18.2. The molecule has 4 saturated carbocycles. The van der Waals surface area contributed by atoms with Crippen molar-refractivity contribution >= 4 is 74.0 Å². The number of hydrogen-bond acceptors (Lipinski definition) is 14. The van der Waals surface area contributed by atoms with Crippen molar-refractivity contribution in [2.45, 2.75) is 150 Å². The van der Waals surface area contributed by atoms with Crippen LogP contribution in [0.1, 0.15) is 157 Å². The quantitative estimate of drug-likeness (QED) is 0.0458. The number of nitrogens with two attached hydrogens (primary N) is 2. The molecule has 1 aromatic heterocycles. The first-order chi connectivity index (χ1) is 33.3. The fourth-order valence-corrected chi connectivity index (χ4v) is 14.7. The van der Waals surface area contributed by atoms with E-state index >= 15 is 0 Å². The highest BCUT2D eigenvalue weighted by molar-refractivity contribution is 9.10. The number of rotatable bonds is 8. The van der Waals surface area contributed by atoms with E-state index in [4.69, 9.17) is 11.5 Å². The van der Waals surface area contributed by atoms with Crippen molar-refractivity contribution in [2.24, 2.45) is 68.1 Å². The molecule has 0 spiro atoms. The molecule has 15 nitrogen and oxygen atoms in total. The zero-order valence-electron chi connectivity index (χ0n) is 41.3. The van der Waals surface area contributed by atoms with Crippen molar-refractivity contribution in [3.8, 4) is 11.5 Å². The van der Waals surface area contributed by atoms with E-state index in [9.17, 15) is 40.3 Å². The first-order valence-corrected chi connectivity index (χ1v) is 26.8. The summed E-state index contributed by atoms with van der Waals surface area (Å²) >= 11 is 8.83. The van der Waals surface area contributed by atoms with Crippen LogP contribution in [0, 0.1) is 63.4 Å². The minimum atomic E-state index is -0.483. The van der Waals surface area contributed by atoms with Gasteiger partial charge in [-0.15, -0.1) is 24.0 Å². The smallest absolute Gasteiger partial charge is 0.314 e. The Hall–Kier alpha value is -4.68. The number of thiazole rings is 1. The number of carbonyl (C=O) groups is 2. The van der Waals surface area contributed by atoms with E-state index in [-0.39, 0.29) is 51.8 Å². The van der Waals surface area contributed by atoms with Crippen molar-refractivity contribution in [1.82, 2.24) is 4.98 Å². The van der Waals surface area contributed by atoms with Crippen molar-refractivity contribution in [1.29, 1.82) is 0 Å². The SMILES string of the molecule is C/C(S)=C/N.CC12CCC3c4ccc(O)c([N+](=O)[O-])c4CCC3C1C(CCC(N)=O)C/C2=N\O.CCC.Cc1cnc(NC(=O)CCC2C/C(=N\O)C3(C)CCC4c5cc(Br)c(O)cc5CCC4C23)s1. The van der Waals surface area contributed by atoms with Gasteiger partial charge in [0.15, 0.2) is 10.9 Å². The maximum atomic E-state index is 12.6. The number of phenols is 2. The summed E-state index contributed by atoms with van der Waals surface area (Å²) in [5, 5.41) is 62.2. The summed E-state index contributed by atoms with van der Waals surface area (Å²) < 4.78 is 0.755. The van der Waals surface area contributed by atoms with Crippen LogP contribution in [-0.4, -0.2) is 53.8 Å². The highest BCUT2D eigenvalue weighted by Crippen LogP contribution is 2.64. The van der Waals surface area contributed by atoms with Crippen molar-refractivity contribution in [3.63, 3.8) is 0 Å². The lowest BCUT2D eigenvalue weighted by Crippen LogP contribution is -2.44. The number of oxime groups is 2. The Morgan fingerprint density at radius 3 is 1.99 bits per heavy atom. The molecule has 3 aromatic rings. The van der Waals surface area contributed by atoms with Crippen LogP contribution in [0.4, 0.5) is 10.8 Å². The molecule has 382 valence electrons. The number of aryl methyl sites for hydroxylation is 2. The summed E-state index contributed by atoms with van der Waals surface area (Å²) in [4.78, 5) is 41.2. The zero-order valence-corrected chi connectivity index (χ0v) is 44.6. The van der Waals surface area contributed by atoms with Gasteiger partial charge in [-0.25, -0.2) is 4.98 Å². The molecule has 9 rings (SSSR count). The molecule has 18 heteroatoms. The molecule has 2 amide bonds. The fourth-order valence-electron chi connectivity index (χ4n) is 13.7. The molecule has 0 radical (unpaired) electrons. The third-order valence-corrected chi connectivity index (χ3v) is 18.1. The van der Waals surface area contributed by atoms with Crippen LogP contribution in [0.5, 0.6) is 11.5 Å². The number of carbonyl (C=O) groups excluding carboxylic acids is 2. The van der Waals surface area contributed by atoms with Gasteiger partial charge in [0.1, 0.15) is 5.75 Å². The predicted molar refractivity (Wildman–Crippen MR) is 282 cm³/mol. The number of nitrogens with one attached hydrogen (secondary N) is 1. The van der Waals surface area contributed by atoms with Gasteiger partial charge in [0.2, 0.25) is 11.8 Å². The third-order valence-electron chi connectivity index (χ3n) is 16.4. The van der Waals surface area contributed by atoms with Gasteiger partial charge in [0, 0.05) is 46.5 Å². The first kappa shape index (κ1) is 54.6. The molecule has 6 aliphatic carbocycles. The summed E-state index contributed by atoms with van der Waals surface area (Å²) in [6.45, 7) is 12.5. The molecule has 6 aliphatic rings. The molecule has 10 atom stereocenters. The van der Waals surface area contributed by atoms with Gasteiger partial charge in [-0.1, -0.05) is 50.5 Å². The number of nitrogens with zero attached hydrogens (tertiary/aromatic N) is 4. The van der Waals surface area contributed by atoms with Gasteiger partial charge in [-0.2, -0.15) is 0 Å². The molecule has 70 heavy (non-hydrogen) atoms. The average molecular weight is 1070 g/mol. The molecule has 0 bridgehead atoms. The average Bonchev–Trinajstić information content (AvgIpc) is 3.97. The molecule has 0 aliphatic heterocycles. The maximum Gasteiger partial charge on any atom is 0.314 e. The third kappa shape index (κ3) is 11.3. The summed E-state index contributed by atoms with van der Waals surface area (Å²) in [6, 6.07) is 7.30. The van der Waals surface area contributed by atoms with Crippen LogP contribution in [0.2, 0.25) is 0 Å². The zero-order chi connectivity index (χ0) is 51.2. The standard InChI is InChI=1S/C25H30BrN3O3S.C21H27N3O5.C3H7NS.C3H8/c1-13-12-27-24(33-13)28-22(31)6-4-15-10-21(29-32)25(2)8-7-16-17(23(15)25)5-3-14-9-20(30)19(26)11-18(14)16;1-21-9-8-13-12-5-6-16(25)20(24(28)29)15(12)4-3-14(13)19(21)11(2-7-18(22)26)10-17(21)23-27;1-3(5)2-4;1-3-2/h9,11-12,15-17,23,30,32H,3-8,10H2,1-2H3,(H,27,28,31);5-6,11,13-14,19,25,27H,2-4,7-10H2,1H3,(H2,22,26);2,5H,4H2,1H3;3H2,1-2H3/b29-21+;23-17+;3-2-;. The lowest BCUT2D eigenvalue weighted by Gasteiger charge is -2.50. The molecule has 9 N–H and O–H groups in total. The minimum absolute atomic E-state index is 0.00111. The normalized spacial score (nSPS) is 30.3. The van der Waals surface area contributed by atoms with Crippen LogP contribution in [0.15, 0.2) is 56.4 Å². The topological polar surface area (TPSA) is 260 Å². The molecular weight excluding hydrogens is 995 g/mol. The second-order valence-corrected chi connectivity index (χ2v) is 23.5. The van der Waals surface area contributed by atoms with E-state index in [1.807, 2.05) is 26.0 Å². The Bertz CT molecular complexity index is 2490. The number of phenolic OH excluding ortho intramolecular Hbond substituents is 2. The van der Waals surface area contributed by atoms with Crippen LogP contribution >= 0.6 is 39.9 Å². The number of nitro groups is 1. The minimum Gasteiger partial charge on any atom is -0.507 e. The highest BCUT2D eigenvalue weighted by Gasteiger charge is 2.59. The van der Waals surface area contributed by atoms with Gasteiger partial charge in [0.25, 0.3) is 0 Å². The number of nitro benzene ring substituents is 1. The molecular formula is C52H72BrN7O8S2. The van der Waals surface area contributed by atoms with Crippen molar-refractivity contribution < 1.29 is 35.1 Å². The summed E-state index contributed by atoms with van der Waals surface area (Å²) in [5.41, 5.74) is 15.8. The fraction of sp³-hybridized carbons (Fsp3) is 0.596. The summed E-state index contributed by atoms with van der Waals surface area (Å²) in [5.74, 6) is 2.26. The number of anilines is 1. The van der Waals surface area contributed by atoms with E-state index in [2.05, 4.69) is 82.9 Å². The van der Waals surface area contributed by atoms with Crippen LogP contribution < -0.4 is 16.8 Å². The molecule has 0 saturated heterocycles. The summed E-state index contributed by atoms with van der Waals surface area (Å²) in [7, 11) is 0. The molecule has 1 heterocycles. The number of aromatic hydroxyl groups is 2. The maximum absolute atomic E-state index is 12.6. The van der Waals surface area contributed by atoms with Crippen LogP contribution in [-0.2, 0) is 22.4 Å². The van der Waals surface area contributed by atoms with Gasteiger partial charge in [-0.3, -0.25) is 19.7 Å². The van der Waals surface area contributed by atoms with Crippen LogP contribution in [0.3, 0.4) is 0 Å². The van der Waals surface area contributed by atoms with Crippen molar-refractivity contribution in [2.75, 3.05) is 5.32 Å². The first-order valence-electron chi connectivity index (χ1n) is 24.8. The number of thiol groups is 1. The second kappa shape index (κ2) is 23.2. The lowest BCUT2D eigenvalue weighted by atomic mass is 9.53. The lowest BCUT2D eigenvalue weighted by molar-refractivity contribution is -0.386. The highest BCUT2D eigenvalue weighted by atomic mass is 79.9. The molecule has 10 unspecified atom stereocenters. The number of amides is 2. The van der Waals surface area contributed by atoms with Crippen molar-refractivity contribution in [3.05, 3.63) is 83.3 Å². The number of hydrogen-bond donors (Lipinski definition) is 8. The molecule has 2 aromatic carbocycles. The monoisotopic (exact) mass is 1070 g/mol. The van der Waals surface area contributed by atoms with E-state index in [0.29, 0.717) is 78.1 Å². The number of fused-ring (bicyclic) bond motifs is 10. The van der Waals surface area contributed by atoms with Gasteiger partial charge >= 0.3 is 5.69 Å². The second-order valence-electron chi connectivity index (χ2n) is 20.7. The van der Waals surface area contributed by atoms with E-state index in [0.717, 1.165) is 89.0 Å². The Morgan fingerprint density at radius 2 is 1.49 bits per heavy atom. The van der Waals surface area contributed by atoms with Gasteiger partial charge in [0.05, 0.1) is 20.8 Å². The Morgan fingerprint density at radius 1 is 0.943 bits per heavy atom. The predicted octanol–water partition coefficient (Wildman–Crippen LogP) is 11.9. The number of halogens is 1. The van der Waals surface area contributed by atoms with E-state index < -0.39 is 4.92 Å². The van der Waals surface area contributed by atoms with E-state index in [1.54, 1.807) is 6.20 Å². The van der Waals surface area contributed by atoms with Gasteiger partial charge in [-0.05, 0) is 194 Å². The Labute approximate surface area is 429 Å². The number of benzene rings is 2. The number of allylic oxidation sites excluding steroid dienone is 1. The number of primary amides is 1. The largest absolute Gasteiger partial charge is 0.507 e. The van der Waals surface area contributed by atoms with E-state index in [1.165, 1.54) is 41.2 Å².